The third-order valence-electron chi connectivity index (χ3n) is 6.30. The summed E-state index contributed by atoms with van der Waals surface area (Å²) < 4.78 is 0. The normalized spacial score (nSPS) is 14.7. The number of carbonyl (C=O) groups is 5. The Bertz CT molecular complexity index is 1110. The van der Waals surface area contributed by atoms with Crippen LogP contribution in [-0.2, 0) is 36.8 Å². The fraction of sp³-hybridized carbons (Fsp3) is 0.462. The van der Waals surface area contributed by atoms with Crippen LogP contribution in [0.2, 0.25) is 0 Å². The van der Waals surface area contributed by atoms with Crippen molar-refractivity contribution in [3.63, 3.8) is 0 Å². The van der Waals surface area contributed by atoms with Gasteiger partial charge in [0.2, 0.25) is 17.7 Å². The van der Waals surface area contributed by atoms with Crippen LogP contribution in [0.25, 0.3) is 0 Å². The molecule has 3 amide bonds. The van der Waals surface area contributed by atoms with E-state index in [0.29, 0.717) is 12.1 Å². The van der Waals surface area contributed by atoms with Crippen molar-refractivity contribution in [2.75, 3.05) is 0 Å². The van der Waals surface area contributed by atoms with Crippen molar-refractivity contribution in [1.29, 1.82) is 0 Å². The Morgan fingerprint density at radius 3 is 2.15 bits per heavy atom. The maximum absolute atomic E-state index is 13.3. The molecule has 1 heterocycles. The van der Waals surface area contributed by atoms with E-state index in [1.807, 2.05) is 30.3 Å². The van der Waals surface area contributed by atoms with E-state index in [2.05, 4.69) is 25.9 Å². The minimum absolute atomic E-state index is 0.0203. The second-order valence-corrected chi connectivity index (χ2v) is 9.34. The molecule has 2 rings (SSSR count). The molecule has 0 saturated heterocycles. The number of carbonyl (C=O) groups excluding carboxylic acids is 3. The number of H-pyrrole nitrogens is 1. The Morgan fingerprint density at radius 1 is 0.949 bits per heavy atom. The number of amides is 3. The molecule has 39 heavy (non-hydrogen) atoms. The van der Waals surface area contributed by atoms with Crippen LogP contribution in [0.5, 0.6) is 0 Å². The average molecular weight is 545 g/mol. The van der Waals surface area contributed by atoms with Crippen LogP contribution in [0.15, 0.2) is 42.9 Å². The van der Waals surface area contributed by atoms with Crippen molar-refractivity contribution in [1.82, 2.24) is 25.9 Å². The smallest absolute Gasteiger partial charge is 0.326 e. The molecule has 0 spiro atoms. The highest BCUT2D eigenvalue weighted by atomic mass is 16.4. The second-order valence-electron chi connectivity index (χ2n) is 9.34. The van der Waals surface area contributed by atoms with Gasteiger partial charge in [0.15, 0.2) is 0 Å². The zero-order chi connectivity index (χ0) is 28.9. The van der Waals surface area contributed by atoms with Gasteiger partial charge in [0, 0.05) is 24.7 Å². The molecule has 0 fully saturated rings. The van der Waals surface area contributed by atoms with Crippen molar-refractivity contribution in [2.24, 2.45) is 11.7 Å². The van der Waals surface area contributed by atoms with Crippen LogP contribution < -0.4 is 21.7 Å². The van der Waals surface area contributed by atoms with E-state index in [9.17, 15) is 29.1 Å². The van der Waals surface area contributed by atoms with E-state index < -0.39 is 66.2 Å². The van der Waals surface area contributed by atoms with Crippen LogP contribution >= 0.6 is 0 Å². The van der Waals surface area contributed by atoms with Crippen molar-refractivity contribution < 1.29 is 34.2 Å². The summed E-state index contributed by atoms with van der Waals surface area (Å²) >= 11 is 0. The quantitative estimate of drug-likeness (QED) is 0.151. The first kappa shape index (κ1) is 31.0. The van der Waals surface area contributed by atoms with Gasteiger partial charge in [-0.25, -0.2) is 9.78 Å². The third kappa shape index (κ3) is 10.2. The van der Waals surface area contributed by atoms with Gasteiger partial charge in [0.25, 0.3) is 0 Å². The fourth-order valence-electron chi connectivity index (χ4n) is 3.81. The van der Waals surface area contributed by atoms with E-state index in [4.69, 9.17) is 10.8 Å². The zero-order valence-electron chi connectivity index (χ0n) is 21.9. The standard InChI is InChI=1S/C26H36N6O7/c1-3-15(2)22(26(38)39)32-24(36)19(9-10-21(33)34)30-25(37)20(12-17-13-28-14-29-17)31-23(35)18(27)11-16-7-5-4-6-8-16/h4-8,13-15,18-20,22H,3,9-12,27H2,1-2H3,(H,28,29)(H,30,37)(H,31,35)(H,32,36)(H,33,34)(H,38,39). The van der Waals surface area contributed by atoms with Crippen molar-refractivity contribution >= 4 is 29.7 Å². The molecular formula is C26H36N6O7. The van der Waals surface area contributed by atoms with Crippen LogP contribution in [-0.4, -0.2) is 74.0 Å². The Balaban J connectivity index is 2.20. The summed E-state index contributed by atoms with van der Waals surface area (Å²) in [6.45, 7) is 3.42. The van der Waals surface area contributed by atoms with Gasteiger partial charge in [-0.15, -0.1) is 0 Å². The van der Waals surface area contributed by atoms with Gasteiger partial charge in [0.05, 0.1) is 12.4 Å². The van der Waals surface area contributed by atoms with Gasteiger partial charge >= 0.3 is 11.9 Å². The molecule has 0 bridgehead atoms. The Kier molecular flexibility index (Phi) is 12.1. The molecule has 1 aromatic heterocycles. The second kappa shape index (κ2) is 15.2. The minimum Gasteiger partial charge on any atom is -0.481 e. The van der Waals surface area contributed by atoms with Gasteiger partial charge < -0.3 is 36.9 Å². The maximum atomic E-state index is 13.3. The Morgan fingerprint density at radius 2 is 1.59 bits per heavy atom. The van der Waals surface area contributed by atoms with Gasteiger partial charge in [-0.3, -0.25) is 19.2 Å². The molecule has 5 atom stereocenters. The summed E-state index contributed by atoms with van der Waals surface area (Å²) in [6.07, 6.45) is 2.78. The molecule has 2 aromatic rings. The number of nitrogens with zero attached hydrogens (tertiary/aromatic N) is 1. The number of aromatic amines is 1. The molecule has 0 radical (unpaired) electrons. The number of nitrogens with one attached hydrogen (secondary N) is 4. The van der Waals surface area contributed by atoms with E-state index in [1.54, 1.807) is 13.8 Å². The molecule has 0 aliphatic carbocycles. The molecule has 13 heteroatoms. The molecule has 8 N–H and O–H groups in total. The number of nitrogens with two attached hydrogens (primary N) is 1. The lowest BCUT2D eigenvalue weighted by atomic mass is 9.98. The summed E-state index contributed by atoms with van der Waals surface area (Å²) in [4.78, 5) is 68.8. The Hall–Kier alpha value is -4.26. The highest BCUT2D eigenvalue weighted by Gasteiger charge is 2.32. The van der Waals surface area contributed by atoms with E-state index in [1.165, 1.54) is 12.5 Å². The molecule has 0 saturated carbocycles. The summed E-state index contributed by atoms with van der Waals surface area (Å²) in [5.41, 5.74) is 7.42. The predicted molar refractivity (Wildman–Crippen MR) is 140 cm³/mol. The largest absolute Gasteiger partial charge is 0.481 e. The number of hydrogen-bond acceptors (Lipinski definition) is 7. The summed E-state index contributed by atoms with van der Waals surface area (Å²) in [5.74, 6) is -5.09. The predicted octanol–water partition coefficient (Wildman–Crippen LogP) is -0.0279. The molecule has 13 nitrogen and oxygen atoms in total. The number of aliphatic carboxylic acids is 2. The molecule has 0 aliphatic heterocycles. The Labute approximate surface area is 226 Å². The van der Waals surface area contributed by atoms with Crippen LogP contribution in [0.3, 0.4) is 0 Å². The molecule has 0 aliphatic rings. The van der Waals surface area contributed by atoms with Crippen molar-refractivity contribution in [2.45, 2.75) is 70.1 Å². The minimum atomic E-state index is -1.36. The van der Waals surface area contributed by atoms with E-state index in [-0.39, 0.29) is 19.3 Å². The number of hydrogen-bond donors (Lipinski definition) is 7. The van der Waals surface area contributed by atoms with Gasteiger partial charge in [-0.2, -0.15) is 0 Å². The first-order chi connectivity index (χ1) is 18.5. The molecule has 212 valence electrons. The zero-order valence-corrected chi connectivity index (χ0v) is 21.9. The lowest BCUT2D eigenvalue weighted by Crippen LogP contribution is -2.58. The summed E-state index contributed by atoms with van der Waals surface area (Å²) in [7, 11) is 0. The summed E-state index contributed by atoms with van der Waals surface area (Å²) in [6, 6.07) is 4.33. The number of benzene rings is 1. The summed E-state index contributed by atoms with van der Waals surface area (Å²) in [5, 5.41) is 26.2. The SMILES string of the molecule is CCC(C)C(NC(=O)C(CCC(=O)O)NC(=O)C(Cc1cnc[nH]1)NC(=O)C(N)Cc1ccccc1)C(=O)O. The van der Waals surface area contributed by atoms with Crippen molar-refractivity contribution in [3.05, 3.63) is 54.1 Å². The first-order valence-corrected chi connectivity index (χ1v) is 12.6. The highest BCUT2D eigenvalue weighted by Crippen LogP contribution is 2.10. The topological polar surface area (TPSA) is 217 Å². The van der Waals surface area contributed by atoms with Gasteiger partial charge in [-0.1, -0.05) is 50.6 Å². The number of aromatic nitrogens is 2. The third-order valence-corrected chi connectivity index (χ3v) is 6.30. The monoisotopic (exact) mass is 544 g/mol. The number of rotatable bonds is 16. The number of carboxylic acid groups (broad SMARTS) is 2. The van der Waals surface area contributed by atoms with Gasteiger partial charge in [0.1, 0.15) is 18.1 Å². The van der Waals surface area contributed by atoms with Crippen LogP contribution in [0.4, 0.5) is 0 Å². The van der Waals surface area contributed by atoms with E-state index >= 15 is 0 Å². The molecule has 5 unspecified atom stereocenters. The number of imidazole rings is 1. The fourth-order valence-corrected chi connectivity index (χ4v) is 3.81. The van der Waals surface area contributed by atoms with Gasteiger partial charge in [-0.05, 0) is 24.3 Å². The maximum Gasteiger partial charge on any atom is 0.326 e. The molecule has 1 aromatic carbocycles. The highest BCUT2D eigenvalue weighted by molar-refractivity contribution is 5.94. The van der Waals surface area contributed by atoms with E-state index in [0.717, 1.165) is 5.56 Å². The first-order valence-electron chi connectivity index (χ1n) is 12.6. The lowest BCUT2D eigenvalue weighted by Gasteiger charge is -2.26. The van der Waals surface area contributed by atoms with Crippen LogP contribution in [0, 0.1) is 5.92 Å². The molecular weight excluding hydrogens is 508 g/mol. The number of carboxylic acids is 2. The van der Waals surface area contributed by atoms with Crippen LogP contribution in [0.1, 0.15) is 44.4 Å². The van der Waals surface area contributed by atoms with Crippen molar-refractivity contribution in [3.8, 4) is 0 Å². The lowest BCUT2D eigenvalue weighted by molar-refractivity contribution is -0.144. The average Bonchev–Trinajstić information content (AvgIpc) is 3.41.